The summed E-state index contributed by atoms with van der Waals surface area (Å²) in [5.74, 6) is 0.185. The molecule has 0 unspecified atom stereocenters. The molecule has 0 saturated carbocycles. The number of carbonyl (C=O) groups is 1. The summed E-state index contributed by atoms with van der Waals surface area (Å²) in [6.07, 6.45) is 1.59. The van der Waals surface area contributed by atoms with Crippen molar-refractivity contribution in [3.8, 4) is 0 Å². The summed E-state index contributed by atoms with van der Waals surface area (Å²) in [5.41, 5.74) is 2.17. The van der Waals surface area contributed by atoms with Crippen LogP contribution in [0.5, 0.6) is 0 Å². The molecule has 4 nitrogen and oxygen atoms in total. The number of esters is 1. The van der Waals surface area contributed by atoms with E-state index < -0.39 is 0 Å². The Morgan fingerprint density at radius 3 is 3.20 bits per heavy atom. The van der Waals surface area contributed by atoms with Crippen molar-refractivity contribution >= 4 is 29.6 Å². The molecule has 1 aromatic heterocycles. The van der Waals surface area contributed by atoms with Gasteiger partial charge in [0.05, 0.1) is 22.9 Å². The maximum atomic E-state index is 11.5. The molecular formula is C10H10N2O2S. The lowest BCUT2D eigenvalue weighted by Crippen LogP contribution is -2.06. The van der Waals surface area contributed by atoms with Gasteiger partial charge in [-0.15, -0.1) is 0 Å². The first-order valence-electron chi connectivity index (χ1n) is 4.52. The van der Waals surface area contributed by atoms with E-state index in [1.165, 1.54) is 0 Å². The van der Waals surface area contributed by atoms with Crippen LogP contribution in [0.4, 0.5) is 0 Å². The first-order chi connectivity index (χ1) is 7.31. The molecule has 2 aromatic rings. The second kappa shape index (κ2) is 4.35. The first kappa shape index (κ1) is 10.0. The van der Waals surface area contributed by atoms with Gasteiger partial charge in [0.15, 0.2) is 0 Å². The molecule has 0 spiro atoms. The van der Waals surface area contributed by atoms with E-state index in [9.17, 15) is 4.79 Å². The monoisotopic (exact) mass is 222 g/mol. The Hall–Kier alpha value is -1.49. The molecule has 78 valence electrons. The van der Waals surface area contributed by atoms with Gasteiger partial charge < -0.3 is 9.72 Å². The summed E-state index contributed by atoms with van der Waals surface area (Å²) in [5, 5.41) is 0. The minimum atomic E-state index is -0.339. The SMILES string of the molecule is O=C(OCCS)c1ccc2[nH]cnc2c1. The van der Waals surface area contributed by atoms with Crippen LogP contribution in [0.3, 0.4) is 0 Å². The van der Waals surface area contributed by atoms with Crippen LogP contribution in [0.1, 0.15) is 10.4 Å². The fraction of sp³-hybridized carbons (Fsp3) is 0.200. The van der Waals surface area contributed by atoms with Gasteiger partial charge in [0, 0.05) is 5.75 Å². The number of carbonyl (C=O) groups excluding carboxylic acids is 1. The van der Waals surface area contributed by atoms with Crippen LogP contribution in [0.2, 0.25) is 0 Å². The van der Waals surface area contributed by atoms with Gasteiger partial charge in [-0.1, -0.05) is 0 Å². The Balaban J connectivity index is 2.23. The standard InChI is InChI=1S/C10H10N2O2S/c13-10(14-3-4-15)7-1-2-8-9(5-7)12-6-11-8/h1-2,5-6,15H,3-4H2,(H,11,12). The third kappa shape index (κ3) is 2.12. The van der Waals surface area contributed by atoms with E-state index in [0.717, 1.165) is 11.0 Å². The Morgan fingerprint density at radius 2 is 2.40 bits per heavy atom. The summed E-state index contributed by atoms with van der Waals surface area (Å²) >= 11 is 3.96. The van der Waals surface area contributed by atoms with Crippen LogP contribution in [0, 0.1) is 0 Å². The van der Waals surface area contributed by atoms with Crippen LogP contribution in [-0.4, -0.2) is 28.3 Å². The number of ether oxygens (including phenoxy) is 1. The number of benzene rings is 1. The molecule has 0 amide bonds. The zero-order chi connectivity index (χ0) is 10.7. The maximum Gasteiger partial charge on any atom is 0.338 e. The largest absolute Gasteiger partial charge is 0.461 e. The number of H-pyrrole nitrogens is 1. The topological polar surface area (TPSA) is 55.0 Å². The average Bonchev–Trinajstić information content (AvgIpc) is 2.72. The molecular weight excluding hydrogens is 212 g/mol. The maximum absolute atomic E-state index is 11.5. The number of nitrogens with zero attached hydrogens (tertiary/aromatic N) is 1. The lowest BCUT2D eigenvalue weighted by Gasteiger charge is -2.02. The number of nitrogens with one attached hydrogen (secondary N) is 1. The normalized spacial score (nSPS) is 10.5. The predicted octanol–water partition coefficient (Wildman–Crippen LogP) is 1.65. The van der Waals surface area contributed by atoms with E-state index >= 15 is 0 Å². The molecule has 0 saturated heterocycles. The van der Waals surface area contributed by atoms with Crippen molar-refractivity contribution < 1.29 is 9.53 Å². The van der Waals surface area contributed by atoms with Crippen molar-refractivity contribution in [1.82, 2.24) is 9.97 Å². The van der Waals surface area contributed by atoms with E-state index in [1.807, 2.05) is 0 Å². The molecule has 0 aliphatic rings. The Bertz CT molecular complexity index is 481. The Morgan fingerprint density at radius 1 is 1.53 bits per heavy atom. The van der Waals surface area contributed by atoms with Gasteiger partial charge in [-0.05, 0) is 18.2 Å². The molecule has 0 atom stereocenters. The number of imidazole rings is 1. The zero-order valence-electron chi connectivity index (χ0n) is 7.93. The third-order valence-electron chi connectivity index (χ3n) is 1.98. The van der Waals surface area contributed by atoms with E-state index in [1.54, 1.807) is 24.5 Å². The van der Waals surface area contributed by atoms with Crippen LogP contribution < -0.4 is 0 Å². The van der Waals surface area contributed by atoms with Crippen molar-refractivity contribution in [2.45, 2.75) is 0 Å². The van der Waals surface area contributed by atoms with E-state index in [4.69, 9.17) is 4.74 Å². The first-order valence-corrected chi connectivity index (χ1v) is 5.15. The number of fused-ring (bicyclic) bond motifs is 1. The molecule has 1 N–H and O–H groups in total. The van der Waals surface area contributed by atoms with Crippen LogP contribution in [0.25, 0.3) is 11.0 Å². The van der Waals surface area contributed by atoms with E-state index in [2.05, 4.69) is 22.6 Å². The molecule has 0 aliphatic heterocycles. The zero-order valence-corrected chi connectivity index (χ0v) is 8.83. The summed E-state index contributed by atoms with van der Waals surface area (Å²) in [4.78, 5) is 18.5. The number of hydrogen-bond acceptors (Lipinski definition) is 4. The highest BCUT2D eigenvalue weighted by atomic mass is 32.1. The number of hydrogen-bond donors (Lipinski definition) is 2. The molecule has 0 radical (unpaired) electrons. The molecule has 5 heteroatoms. The van der Waals surface area contributed by atoms with Crippen molar-refractivity contribution in [1.29, 1.82) is 0 Å². The van der Waals surface area contributed by atoms with Gasteiger partial charge in [0.25, 0.3) is 0 Å². The molecule has 2 rings (SSSR count). The highest BCUT2D eigenvalue weighted by molar-refractivity contribution is 7.80. The quantitative estimate of drug-likeness (QED) is 0.613. The third-order valence-corrected chi connectivity index (χ3v) is 2.16. The minimum absolute atomic E-state index is 0.320. The fourth-order valence-electron chi connectivity index (χ4n) is 1.28. The smallest absolute Gasteiger partial charge is 0.338 e. The molecule has 0 fully saturated rings. The molecule has 1 aromatic carbocycles. The second-order valence-electron chi connectivity index (χ2n) is 2.99. The summed E-state index contributed by atoms with van der Waals surface area (Å²) < 4.78 is 4.95. The number of rotatable bonds is 3. The predicted molar refractivity (Wildman–Crippen MR) is 60.2 cm³/mol. The van der Waals surface area contributed by atoms with Crippen LogP contribution in [-0.2, 0) is 4.74 Å². The lowest BCUT2D eigenvalue weighted by molar-refractivity contribution is 0.0531. The summed E-state index contributed by atoms with van der Waals surface area (Å²) in [6.45, 7) is 0.320. The van der Waals surface area contributed by atoms with Crippen molar-refractivity contribution in [3.63, 3.8) is 0 Å². The Kier molecular flexibility index (Phi) is 2.91. The number of aromatic amines is 1. The molecule has 1 heterocycles. The summed E-state index contributed by atoms with van der Waals surface area (Å²) in [7, 11) is 0. The highest BCUT2D eigenvalue weighted by Crippen LogP contribution is 2.12. The van der Waals surface area contributed by atoms with Gasteiger partial charge in [0.2, 0.25) is 0 Å². The number of thiol groups is 1. The molecule has 0 bridgehead atoms. The van der Waals surface area contributed by atoms with Crippen molar-refractivity contribution in [2.75, 3.05) is 12.4 Å². The van der Waals surface area contributed by atoms with Gasteiger partial charge >= 0.3 is 5.97 Å². The highest BCUT2D eigenvalue weighted by Gasteiger charge is 2.07. The number of aromatic nitrogens is 2. The van der Waals surface area contributed by atoms with Gasteiger partial charge in [-0.25, -0.2) is 9.78 Å². The van der Waals surface area contributed by atoms with Gasteiger partial charge in [0.1, 0.15) is 6.61 Å². The van der Waals surface area contributed by atoms with E-state index in [0.29, 0.717) is 17.9 Å². The van der Waals surface area contributed by atoms with Crippen molar-refractivity contribution in [2.24, 2.45) is 0 Å². The van der Waals surface area contributed by atoms with Gasteiger partial charge in [-0.3, -0.25) is 0 Å². The average molecular weight is 222 g/mol. The lowest BCUT2D eigenvalue weighted by atomic mass is 10.2. The molecule has 0 aliphatic carbocycles. The second-order valence-corrected chi connectivity index (χ2v) is 3.44. The van der Waals surface area contributed by atoms with Crippen molar-refractivity contribution in [3.05, 3.63) is 30.1 Å². The van der Waals surface area contributed by atoms with E-state index in [-0.39, 0.29) is 5.97 Å². The van der Waals surface area contributed by atoms with Crippen LogP contribution in [0.15, 0.2) is 24.5 Å². The fourth-order valence-corrected chi connectivity index (χ4v) is 1.37. The Labute approximate surface area is 92.1 Å². The van der Waals surface area contributed by atoms with Gasteiger partial charge in [-0.2, -0.15) is 12.6 Å². The summed E-state index contributed by atoms with van der Waals surface area (Å²) in [6, 6.07) is 5.22. The minimum Gasteiger partial charge on any atom is -0.461 e. The molecule has 15 heavy (non-hydrogen) atoms. The van der Waals surface area contributed by atoms with Crippen LogP contribution >= 0.6 is 12.6 Å².